The molecular weight excluding hydrogens is 312 g/mol. The normalized spacial score (nSPS) is 18.6. The smallest absolute Gasteiger partial charge is 0.242 e. The van der Waals surface area contributed by atoms with E-state index in [-0.39, 0.29) is 23.5 Å². The molecule has 3 rings (SSSR count). The summed E-state index contributed by atoms with van der Waals surface area (Å²) in [6, 6.07) is 10.5. The predicted octanol–water partition coefficient (Wildman–Crippen LogP) is 3.22. The maximum absolute atomic E-state index is 12.5. The quantitative estimate of drug-likeness (QED) is 0.813. The molecule has 1 heterocycles. The Labute approximate surface area is 149 Å². The lowest BCUT2D eigenvalue weighted by Crippen LogP contribution is -2.53. The van der Waals surface area contributed by atoms with Gasteiger partial charge in [0.2, 0.25) is 5.91 Å². The van der Waals surface area contributed by atoms with Crippen molar-refractivity contribution in [3.8, 4) is 0 Å². The lowest BCUT2D eigenvalue weighted by molar-refractivity contribution is -0.124. The number of benzene rings is 1. The number of nitrogens with one attached hydrogen (secondary N) is 2. The largest absolute Gasteiger partial charge is 0.352 e. The zero-order chi connectivity index (χ0) is 17.7. The first kappa shape index (κ1) is 17.7. The van der Waals surface area contributed by atoms with E-state index in [1.165, 1.54) is 18.4 Å². The highest BCUT2D eigenvalue weighted by atomic mass is 16.2. The van der Waals surface area contributed by atoms with Crippen LogP contribution in [-0.2, 0) is 4.79 Å². The Bertz CT molecular complexity index is 662. The van der Waals surface area contributed by atoms with E-state index in [0.717, 1.165) is 12.8 Å². The van der Waals surface area contributed by atoms with Crippen LogP contribution in [0.5, 0.6) is 0 Å². The molecule has 0 bridgehead atoms. The molecule has 2 aromatic rings. The van der Waals surface area contributed by atoms with Crippen LogP contribution >= 0.6 is 0 Å². The number of carbonyl (C=O) groups excluding carboxylic acids is 1. The Balaban J connectivity index is 1.61. The van der Waals surface area contributed by atoms with Crippen LogP contribution in [0.1, 0.15) is 57.2 Å². The average Bonchev–Trinajstić information content (AvgIpc) is 3.32. The van der Waals surface area contributed by atoms with Crippen LogP contribution < -0.4 is 10.6 Å². The first-order valence-corrected chi connectivity index (χ1v) is 9.17. The molecule has 2 N–H and O–H groups in total. The lowest BCUT2D eigenvalue weighted by atomic mass is 9.94. The highest BCUT2D eigenvalue weighted by Crippen LogP contribution is 2.32. The van der Waals surface area contributed by atoms with Gasteiger partial charge in [-0.2, -0.15) is 0 Å². The van der Waals surface area contributed by atoms with Crippen molar-refractivity contribution in [2.45, 2.75) is 57.2 Å². The van der Waals surface area contributed by atoms with Crippen molar-refractivity contribution in [3.05, 3.63) is 54.6 Å². The number of nitrogens with zero attached hydrogens (tertiary/aromatic N) is 2. The molecule has 1 fully saturated rings. The summed E-state index contributed by atoms with van der Waals surface area (Å²) < 4.78 is 1.83. The molecule has 1 amide bonds. The summed E-state index contributed by atoms with van der Waals surface area (Å²) in [5.74, 6) is 0.0402. The molecule has 134 valence electrons. The number of rotatable bonds is 7. The minimum atomic E-state index is -0.243. The fraction of sp³-hybridized carbons (Fsp3) is 0.500. The van der Waals surface area contributed by atoms with Crippen LogP contribution in [0, 0.1) is 0 Å². The van der Waals surface area contributed by atoms with E-state index in [4.69, 9.17) is 0 Å². The molecule has 1 saturated carbocycles. The summed E-state index contributed by atoms with van der Waals surface area (Å²) in [6.07, 6.45) is 9.83. The Morgan fingerprint density at radius 1 is 1.24 bits per heavy atom. The van der Waals surface area contributed by atoms with Gasteiger partial charge in [0.1, 0.15) is 6.04 Å². The molecule has 1 aromatic heterocycles. The van der Waals surface area contributed by atoms with Crippen LogP contribution in [-0.4, -0.2) is 27.5 Å². The molecule has 5 nitrogen and oxygen atoms in total. The van der Waals surface area contributed by atoms with E-state index < -0.39 is 0 Å². The van der Waals surface area contributed by atoms with Crippen molar-refractivity contribution >= 4 is 5.91 Å². The van der Waals surface area contributed by atoms with Crippen LogP contribution in [0.25, 0.3) is 0 Å². The molecule has 0 saturated heterocycles. The average molecular weight is 340 g/mol. The first-order valence-electron chi connectivity index (χ1n) is 9.17. The number of hydrogen-bond acceptors (Lipinski definition) is 3. The summed E-state index contributed by atoms with van der Waals surface area (Å²) >= 11 is 0. The molecular formula is C20H28N4O. The fourth-order valence-corrected chi connectivity index (χ4v) is 3.75. The molecule has 0 spiro atoms. The standard InChI is InChI=1S/C20H28N4O/c1-16(18-8-4-3-5-9-18)23-20(10-6-7-11-20)14-22-19(25)17(2)24-13-12-21-15-24/h3-5,8-9,12-13,15-17,23H,6-7,10-11,14H2,1-2H3,(H,22,25). The van der Waals surface area contributed by atoms with Gasteiger partial charge in [-0.1, -0.05) is 43.2 Å². The Morgan fingerprint density at radius 2 is 1.96 bits per heavy atom. The van der Waals surface area contributed by atoms with Crippen molar-refractivity contribution < 1.29 is 4.79 Å². The predicted molar refractivity (Wildman–Crippen MR) is 99.1 cm³/mol. The van der Waals surface area contributed by atoms with E-state index in [2.05, 4.69) is 46.8 Å². The van der Waals surface area contributed by atoms with E-state index in [9.17, 15) is 4.79 Å². The van der Waals surface area contributed by atoms with Gasteiger partial charge in [-0.15, -0.1) is 0 Å². The second-order valence-electron chi connectivity index (χ2n) is 7.17. The first-order chi connectivity index (χ1) is 12.1. The topological polar surface area (TPSA) is 58.9 Å². The van der Waals surface area contributed by atoms with E-state index >= 15 is 0 Å². The third-order valence-corrected chi connectivity index (χ3v) is 5.34. The Morgan fingerprint density at radius 3 is 2.60 bits per heavy atom. The van der Waals surface area contributed by atoms with Crippen molar-refractivity contribution in [3.63, 3.8) is 0 Å². The van der Waals surface area contributed by atoms with E-state index in [1.54, 1.807) is 12.5 Å². The van der Waals surface area contributed by atoms with Gasteiger partial charge in [0.25, 0.3) is 0 Å². The molecule has 1 aliphatic carbocycles. The van der Waals surface area contributed by atoms with Gasteiger partial charge < -0.3 is 15.2 Å². The number of imidazole rings is 1. The number of amides is 1. The molecule has 0 aliphatic heterocycles. The summed E-state index contributed by atoms with van der Waals surface area (Å²) in [5.41, 5.74) is 1.27. The van der Waals surface area contributed by atoms with Crippen molar-refractivity contribution in [1.29, 1.82) is 0 Å². The second kappa shape index (κ2) is 7.83. The summed E-state index contributed by atoms with van der Waals surface area (Å²) in [6.45, 7) is 4.77. The minimum absolute atomic E-state index is 0.0143. The second-order valence-corrected chi connectivity index (χ2v) is 7.17. The fourth-order valence-electron chi connectivity index (χ4n) is 3.75. The molecule has 5 heteroatoms. The SMILES string of the molecule is CC(NC1(CNC(=O)C(C)n2ccnc2)CCCC1)c1ccccc1. The third kappa shape index (κ3) is 4.28. The Hall–Kier alpha value is -2.14. The Kier molecular flexibility index (Phi) is 5.53. The van der Waals surface area contributed by atoms with Gasteiger partial charge in [-0.25, -0.2) is 4.98 Å². The highest BCUT2D eigenvalue weighted by Gasteiger charge is 2.35. The monoisotopic (exact) mass is 340 g/mol. The highest BCUT2D eigenvalue weighted by molar-refractivity contribution is 5.79. The molecule has 2 atom stereocenters. The molecule has 2 unspecified atom stereocenters. The zero-order valence-corrected chi connectivity index (χ0v) is 15.1. The van der Waals surface area contributed by atoms with Crippen molar-refractivity contribution in [2.24, 2.45) is 0 Å². The summed E-state index contributed by atoms with van der Waals surface area (Å²) in [4.78, 5) is 16.5. The van der Waals surface area contributed by atoms with Crippen LogP contribution in [0.3, 0.4) is 0 Å². The maximum Gasteiger partial charge on any atom is 0.242 e. The van der Waals surface area contributed by atoms with Gasteiger partial charge in [0.05, 0.1) is 6.33 Å². The maximum atomic E-state index is 12.5. The molecule has 1 aliphatic rings. The summed E-state index contributed by atoms with van der Waals surface area (Å²) in [7, 11) is 0. The van der Waals surface area contributed by atoms with Crippen LogP contribution in [0.15, 0.2) is 49.1 Å². The van der Waals surface area contributed by atoms with Gasteiger partial charge in [0.15, 0.2) is 0 Å². The van der Waals surface area contributed by atoms with Gasteiger partial charge >= 0.3 is 0 Å². The zero-order valence-electron chi connectivity index (χ0n) is 15.1. The van der Waals surface area contributed by atoms with Gasteiger partial charge in [-0.05, 0) is 32.3 Å². The van der Waals surface area contributed by atoms with Crippen molar-refractivity contribution in [1.82, 2.24) is 20.2 Å². The molecule has 25 heavy (non-hydrogen) atoms. The number of hydrogen-bond donors (Lipinski definition) is 2. The van der Waals surface area contributed by atoms with E-state index in [0.29, 0.717) is 6.54 Å². The van der Waals surface area contributed by atoms with E-state index in [1.807, 2.05) is 23.8 Å². The lowest BCUT2D eigenvalue weighted by Gasteiger charge is -2.34. The number of aromatic nitrogens is 2. The van der Waals surface area contributed by atoms with Crippen molar-refractivity contribution in [2.75, 3.05) is 6.54 Å². The van der Waals surface area contributed by atoms with Gasteiger partial charge in [0, 0.05) is 30.5 Å². The summed E-state index contributed by atoms with van der Waals surface area (Å²) in [5, 5.41) is 6.96. The van der Waals surface area contributed by atoms with Gasteiger partial charge in [-0.3, -0.25) is 4.79 Å². The molecule has 0 radical (unpaired) electrons. The van der Waals surface area contributed by atoms with Crippen LogP contribution in [0.4, 0.5) is 0 Å². The van der Waals surface area contributed by atoms with Crippen LogP contribution in [0.2, 0.25) is 0 Å². The third-order valence-electron chi connectivity index (χ3n) is 5.34. The minimum Gasteiger partial charge on any atom is -0.352 e. The molecule has 1 aromatic carbocycles. The number of carbonyl (C=O) groups is 1.